The molecule has 0 unspecified atom stereocenters. The fourth-order valence-corrected chi connectivity index (χ4v) is 5.36. The molecule has 202 valence electrons. The number of fused-ring (bicyclic) bond motifs is 1. The summed E-state index contributed by atoms with van der Waals surface area (Å²) in [5.74, 6) is -3.63. The minimum absolute atomic E-state index is 0. The maximum absolute atomic E-state index is 15.0. The lowest BCUT2D eigenvalue weighted by Gasteiger charge is -2.29. The van der Waals surface area contributed by atoms with Crippen LogP contribution in [0.25, 0.3) is 33.4 Å². The van der Waals surface area contributed by atoms with Crippen LogP contribution in [-0.2, 0) is 6.42 Å². The van der Waals surface area contributed by atoms with E-state index in [0.29, 0.717) is 34.7 Å². The molecule has 3 heterocycles. The molecule has 9 heteroatoms. The first-order valence-electron chi connectivity index (χ1n) is 12.9. The van der Waals surface area contributed by atoms with E-state index in [9.17, 15) is 18.4 Å². The highest BCUT2D eigenvalue weighted by atomic mass is 35.5. The second kappa shape index (κ2) is 11.4. The van der Waals surface area contributed by atoms with Gasteiger partial charge in [-0.1, -0.05) is 42.5 Å². The SMILES string of the molecule is Cl.N#Cc1c(-c2c(F)ccc(F)c2F)nc2n[nH]c(Cc3ccccc3)c2c1-c1ccc(N2CCCCC2)cc1. The monoisotopic (exact) mass is 559 g/mol. The van der Waals surface area contributed by atoms with Crippen LogP contribution in [0, 0.1) is 28.8 Å². The zero-order valence-corrected chi connectivity index (χ0v) is 22.2. The quantitative estimate of drug-likeness (QED) is 0.225. The van der Waals surface area contributed by atoms with Gasteiger partial charge in [0.1, 0.15) is 11.9 Å². The van der Waals surface area contributed by atoms with Crippen molar-refractivity contribution >= 4 is 29.1 Å². The normalized spacial score (nSPS) is 13.2. The van der Waals surface area contributed by atoms with Gasteiger partial charge in [-0.25, -0.2) is 18.2 Å². The third-order valence-corrected chi connectivity index (χ3v) is 7.27. The largest absolute Gasteiger partial charge is 0.372 e. The van der Waals surface area contributed by atoms with Crippen molar-refractivity contribution in [2.24, 2.45) is 0 Å². The van der Waals surface area contributed by atoms with E-state index in [0.717, 1.165) is 43.2 Å². The summed E-state index contributed by atoms with van der Waals surface area (Å²) in [6.07, 6.45) is 3.97. The average molecular weight is 560 g/mol. The average Bonchev–Trinajstić information content (AvgIpc) is 3.37. The Morgan fingerprint density at radius 2 is 1.55 bits per heavy atom. The number of nitrogens with zero attached hydrogens (tertiary/aromatic N) is 4. The van der Waals surface area contributed by atoms with Gasteiger partial charge >= 0.3 is 0 Å². The van der Waals surface area contributed by atoms with Crippen molar-refractivity contribution < 1.29 is 13.2 Å². The second-order valence-electron chi connectivity index (χ2n) is 9.70. The lowest BCUT2D eigenvalue weighted by atomic mass is 9.91. The van der Waals surface area contributed by atoms with Crippen LogP contribution in [0.2, 0.25) is 0 Å². The van der Waals surface area contributed by atoms with E-state index < -0.39 is 23.0 Å². The number of halogens is 4. The summed E-state index contributed by atoms with van der Waals surface area (Å²) in [7, 11) is 0. The molecular formula is C31H25ClF3N5. The predicted octanol–water partition coefficient (Wildman–Crippen LogP) is 7.58. The van der Waals surface area contributed by atoms with E-state index in [1.807, 2.05) is 54.6 Å². The number of aromatic nitrogens is 3. The van der Waals surface area contributed by atoms with Gasteiger partial charge in [0.15, 0.2) is 17.3 Å². The molecule has 1 N–H and O–H groups in total. The molecule has 0 saturated carbocycles. The maximum atomic E-state index is 15.0. The molecule has 5 nitrogen and oxygen atoms in total. The summed E-state index contributed by atoms with van der Waals surface area (Å²) in [5, 5.41) is 18.3. The number of anilines is 1. The summed E-state index contributed by atoms with van der Waals surface area (Å²) in [4.78, 5) is 6.72. The molecule has 40 heavy (non-hydrogen) atoms. The van der Waals surface area contributed by atoms with Crippen molar-refractivity contribution in [3.63, 3.8) is 0 Å². The molecule has 1 fully saturated rings. The first kappa shape index (κ1) is 27.2. The zero-order chi connectivity index (χ0) is 26.9. The summed E-state index contributed by atoms with van der Waals surface area (Å²) in [6, 6.07) is 21.2. The van der Waals surface area contributed by atoms with E-state index in [-0.39, 0.29) is 29.3 Å². The number of benzene rings is 3. The van der Waals surface area contributed by atoms with Gasteiger partial charge in [-0.15, -0.1) is 12.4 Å². The third kappa shape index (κ3) is 4.89. The third-order valence-electron chi connectivity index (χ3n) is 7.27. The number of aromatic amines is 1. The first-order chi connectivity index (χ1) is 19.0. The van der Waals surface area contributed by atoms with Crippen molar-refractivity contribution in [1.29, 1.82) is 5.26 Å². The molecule has 5 aromatic rings. The van der Waals surface area contributed by atoms with Crippen LogP contribution in [0.5, 0.6) is 0 Å². The molecule has 0 spiro atoms. The van der Waals surface area contributed by atoms with Crippen LogP contribution in [0.4, 0.5) is 18.9 Å². The standard InChI is InChI=1S/C31H24F3N5.ClH/c32-23-13-14-24(33)29(34)27(23)30-22(18-35)26(20-9-11-21(12-10-20)39-15-5-2-6-16-39)28-25(37-38-31(28)36-30)17-19-7-3-1-4-8-19;/h1,3-4,7-14H,2,5-6,15-17H2,(H,36,37,38);1H. The fourth-order valence-electron chi connectivity index (χ4n) is 5.36. The van der Waals surface area contributed by atoms with Crippen molar-refractivity contribution in [2.45, 2.75) is 25.7 Å². The Bertz CT molecular complexity index is 1710. The molecule has 1 saturated heterocycles. The van der Waals surface area contributed by atoms with Gasteiger partial charge in [0.05, 0.1) is 22.2 Å². The highest BCUT2D eigenvalue weighted by Gasteiger charge is 2.27. The number of pyridine rings is 1. The fraction of sp³-hybridized carbons (Fsp3) is 0.194. The first-order valence-corrected chi connectivity index (χ1v) is 12.9. The molecular weight excluding hydrogens is 535 g/mol. The Balaban J connectivity index is 0.00000323. The van der Waals surface area contributed by atoms with E-state index >= 15 is 0 Å². The number of hydrogen-bond acceptors (Lipinski definition) is 4. The molecule has 0 amide bonds. The molecule has 0 aliphatic carbocycles. The molecule has 2 aromatic heterocycles. The van der Waals surface area contributed by atoms with E-state index in [1.165, 1.54) is 6.42 Å². The summed E-state index contributed by atoms with van der Waals surface area (Å²) in [6.45, 7) is 1.96. The lowest BCUT2D eigenvalue weighted by Crippen LogP contribution is -2.29. The van der Waals surface area contributed by atoms with Crippen molar-refractivity contribution in [1.82, 2.24) is 15.2 Å². The summed E-state index contributed by atoms with van der Waals surface area (Å²) >= 11 is 0. The van der Waals surface area contributed by atoms with E-state index in [2.05, 4.69) is 26.2 Å². The molecule has 1 aliphatic heterocycles. The highest BCUT2D eigenvalue weighted by molar-refractivity contribution is 6.01. The Morgan fingerprint density at radius 3 is 2.25 bits per heavy atom. The van der Waals surface area contributed by atoms with Crippen LogP contribution in [0.3, 0.4) is 0 Å². The number of nitrogens with one attached hydrogen (secondary N) is 1. The van der Waals surface area contributed by atoms with Crippen LogP contribution in [0.15, 0.2) is 66.7 Å². The van der Waals surface area contributed by atoms with Crippen LogP contribution >= 0.6 is 12.4 Å². The molecule has 0 bridgehead atoms. The van der Waals surface area contributed by atoms with Gasteiger partial charge in [-0.2, -0.15) is 10.4 Å². The van der Waals surface area contributed by atoms with Gasteiger partial charge < -0.3 is 4.90 Å². The number of hydrogen-bond donors (Lipinski definition) is 1. The Hall–Kier alpha value is -4.35. The second-order valence-corrected chi connectivity index (χ2v) is 9.70. The van der Waals surface area contributed by atoms with Crippen molar-refractivity contribution in [3.05, 3.63) is 101 Å². The minimum Gasteiger partial charge on any atom is -0.372 e. The summed E-state index contributed by atoms with van der Waals surface area (Å²) < 4.78 is 44.1. The minimum atomic E-state index is -1.40. The van der Waals surface area contributed by atoms with Crippen LogP contribution < -0.4 is 4.90 Å². The number of piperidine rings is 1. The number of H-pyrrole nitrogens is 1. The predicted molar refractivity (Wildman–Crippen MR) is 152 cm³/mol. The Kier molecular flexibility index (Phi) is 7.76. The molecule has 6 rings (SSSR count). The smallest absolute Gasteiger partial charge is 0.182 e. The topological polar surface area (TPSA) is 68.6 Å². The van der Waals surface area contributed by atoms with Gasteiger partial charge in [-0.3, -0.25) is 5.10 Å². The molecule has 0 atom stereocenters. The lowest BCUT2D eigenvalue weighted by molar-refractivity contribution is 0.498. The van der Waals surface area contributed by atoms with E-state index in [1.54, 1.807) is 0 Å². The van der Waals surface area contributed by atoms with Crippen LogP contribution in [-0.4, -0.2) is 28.3 Å². The zero-order valence-electron chi connectivity index (χ0n) is 21.4. The van der Waals surface area contributed by atoms with Gasteiger partial charge in [0, 0.05) is 36.5 Å². The molecule has 3 aromatic carbocycles. The van der Waals surface area contributed by atoms with Gasteiger partial charge in [0.25, 0.3) is 0 Å². The molecule has 1 aliphatic rings. The molecule has 0 radical (unpaired) electrons. The maximum Gasteiger partial charge on any atom is 0.182 e. The van der Waals surface area contributed by atoms with Gasteiger partial charge in [0.2, 0.25) is 0 Å². The van der Waals surface area contributed by atoms with Crippen LogP contribution in [0.1, 0.15) is 36.1 Å². The Morgan fingerprint density at radius 1 is 0.850 bits per heavy atom. The number of rotatable bonds is 5. The summed E-state index contributed by atoms with van der Waals surface area (Å²) in [5.41, 5.74) is 3.09. The van der Waals surface area contributed by atoms with E-state index in [4.69, 9.17) is 0 Å². The van der Waals surface area contributed by atoms with Gasteiger partial charge in [-0.05, 0) is 54.7 Å². The highest BCUT2D eigenvalue weighted by Crippen LogP contribution is 2.40. The van der Waals surface area contributed by atoms with Crippen molar-refractivity contribution in [3.8, 4) is 28.5 Å². The van der Waals surface area contributed by atoms with Crippen molar-refractivity contribution in [2.75, 3.05) is 18.0 Å². The number of nitriles is 1. The Labute approximate surface area is 235 Å².